The van der Waals surface area contributed by atoms with Crippen LogP contribution >= 0.6 is 23.5 Å². The molecule has 1 aromatic carbocycles. The van der Waals surface area contributed by atoms with Crippen molar-refractivity contribution in [1.82, 2.24) is 0 Å². The summed E-state index contributed by atoms with van der Waals surface area (Å²) >= 11 is 3.55. The van der Waals surface area contributed by atoms with Crippen molar-refractivity contribution in [2.24, 2.45) is 0 Å². The molecule has 3 nitrogen and oxygen atoms in total. The molecule has 1 aromatic rings. The third kappa shape index (κ3) is 16.5. The maximum Gasteiger partial charge on any atom is 0.313 e. The highest BCUT2D eigenvalue weighted by Crippen LogP contribution is 2.14. The Hall–Kier alpha value is -0.940. The Bertz CT molecular complexity index is 558. The summed E-state index contributed by atoms with van der Waals surface area (Å²) in [6.45, 7) is 2.07. The van der Waals surface area contributed by atoms with Gasteiger partial charge >= 0.3 is 5.97 Å². The molecule has 29 heavy (non-hydrogen) atoms. The van der Waals surface area contributed by atoms with Crippen LogP contribution in [-0.2, 0) is 16.0 Å². The van der Waals surface area contributed by atoms with Crippen LogP contribution in [0.4, 0.5) is 0 Å². The molecule has 0 amide bonds. The first-order valence-electron chi connectivity index (χ1n) is 11.0. The fourth-order valence-electron chi connectivity index (χ4n) is 3.10. The Labute approximate surface area is 185 Å². The van der Waals surface area contributed by atoms with Gasteiger partial charge in [0.1, 0.15) is 5.78 Å². The van der Waals surface area contributed by atoms with E-state index in [4.69, 9.17) is 5.11 Å². The van der Waals surface area contributed by atoms with Crippen LogP contribution in [0.15, 0.2) is 24.3 Å². The number of rotatable bonds is 19. The largest absolute Gasteiger partial charge is 0.481 e. The number of ketones is 1. The first kappa shape index (κ1) is 26.1. The van der Waals surface area contributed by atoms with Gasteiger partial charge in [-0.25, -0.2) is 0 Å². The molecule has 0 saturated carbocycles. The lowest BCUT2D eigenvalue weighted by Crippen LogP contribution is -2.02. The third-order valence-corrected chi connectivity index (χ3v) is 7.00. The predicted octanol–water partition coefficient (Wildman–Crippen LogP) is 6.56. The number of aliphatic carboxylic acids is 1. The van der Waals surface area contributed by atoms with Crippen molar-refractivity contribution in [2.75, 3.05) is 23.0 Å². The van der Waals surface area contributed by atoms with Gasteiger partial charge in [-0.3, -0.25) is 9.59 Å². The lowest BCUT2D eigenvalue weighted by Gasteiger charge is -2.04. The Balaban J connectivity index is 1.79. The van der Waals surface area contributed by atoms with Crippen molar-refractivity contribution in [1.29, 1.82) is 0 Å². The molecule has 0 aromatic heterocycles. The molecule has 0 atom stereocenters. The van der Waals surface area contributed by atoms with Gasteiger partial charge in [0.2, 0.25) is 0 Å². The van der Waals surface area contributed by atoms with E-state index in [2.05, 4.69) is 31.2 Å². The highest BCUT2D eigenvalue weighted by molar-refractivity contribution is 7.99. The normalized spacial score (nSPS) is 10.9. The van der Waals surface area contributed by atoms with E-state index < -0.39 is 5.97 Å². The highest BCUT2D eigenvalue weighted by Gasteiger charge is 2.03. The number of carboxylic acids is 1. The standard InChI is InChI=1S/C24H38O3S2/c1-21-12-14-22(15-13-21)19-23(25)11-7-10-17-28-16-8-5-3-2-4-6-9-18-29-20-24(26)27/h12-15H,2-11,16-20H2,1H3,(H,26,27). The number of hydrogen-bond donors (Lipinski definition) is 1. The molecule has 1 rings (SSSR count). The summed E-state index contributed by atoms with van der Waals surface area (Å²) in [7, 11) is 0. The van der Waals surface area contributed by atoms with Gasteiger partial charge in [-0.1, -0.05) is 61.9 Å². The van der Waals surface area contributed by atoms with Gasteiger partial charge in [-0.2, -0.15) is 23.5 Å². The number of carboxylic acid groups (broad SMARTS) is 1. The Morgan fingerprint density at radius 2 is 1.28 bits per heavy atom. The summed E-state index contributed by atoms with van der Waals surface area (Å²) in [5.41, 5.74) is 2.37. The number of carbonyl (C=O) groups is 2. The van der Waals surface area contributed by atoms with Crippen LogP contribution < -0.4 is 0 Å². The minimum Gasteiger partial charge on any atom is -0.481 e. The van der Waals surface area contributed by atoms with Gasteiger partial charge < -0.3 is 5.11 Å². The van der Waals surface area contributed by atoms with Crippen molar-refractivity contribution >= 4 is 35.3 Å². The zero-order chi connectivity index (χ0) is 21.2. The van der Waals surface area contributed by atoms with Crippen LogP contribution in [0, 0.1) is 6.92 Å². The topological polar surface area (TPSA) is 54.4 Å². The maximum absolute atomic E-state index is 12.0. The molecule has 0 spiro atoms. The molecular formula is C24H38O3S2. The van der Waals surface area contributed by atoms with E-state index in [0.717, 1.165) is 30.6 Å². The quantitative estimate of drug-likeness (QED) is 0.248. The molecule has 0 bridgehead atoms. The summed E-state index contributed by atoms with van der Waals surface area (Å²) in [6.07, 6.45) is 12.3. The van der Waals surface area contributed by atoms with E-state index in [0.29, 0.717) is 18.6 Å². The second kappa shape index (κ2) is 17.9. The van der Waals surface area contributed by atoms with Crippen molar-refractivity contribution < 1.29 is 14.7 Å². The summed E-state index contributed by atoms with van der Waals surface area (Å²) in [5, 5.41) is 8.56. The summed E-state index contributed by atoms with van der Waals surface area (Å²) in [4.78, 5) is 22.4. The predicted molar refractivity (Wildman–Crippen MR) is 128 cm³/mol. The minimum absolute atomic E-state index is 0.238. The number of unbranched alkanes of at least 4 members (excludes halogenated alkanes) is 7. The molecule has 0 aliphatic heterocycles. The van der Waals surface area contributed by atoms with Crippen LogP contribution in [0.2, 0.25) is 0 Å². The second-order valence-electron chi connectivity index (χ2n) is 7.69. The molecular weight excluding hydrogens is 400 g/mol. The van der Waals surface area contributed by atoms with Gasteiger partial charge in [0.05, 0.1) is 5.75 Å². The van der Waals surface area contributed by atoms with E-state index in [9.17, 15) is 9.59 Å². The zero-order valence-electron chi connectivity index (χ0n) is 18.0. The van der Waals surface area contributed by atoms with Crippen molar-refractivity contribution in [3.8, 4) is 0 Å². The van der Waals surface area contributed by atoms with Gasteiger partial charge in [-0.05, 0) is 55.4 Å². The summed E-state index contributed by atoms with van der Waals surface area (Å²) in [6, 6.07) is 8.27. The monoisotopic (exact) mass is 438 g/mol. The number of thioether (sulfide) groups is 2. The molecule has 0 unspecified atom stereocenters. The lowest BCUT2D eigenvalue weighted by atomic mass is 10.0. The smallest absolute Gasteiger partial charge is 0.313 e. The fourth-order valence-corrected chi connectivity index (χ4v) is 4.85. The number of hydrogen-bond acceptors (Lipinski definition) is 4. The molecule has 0 radical (unpaired) electrons. The van der Waals surface area contributed by atoms with Gasteiger partial charge in [-0.15, -0.1) is 0 Å². The number of Topliss-reactive ketones (excluding diaryl/α,β-unsaturated/α-hetero) is 1. The maximum atomic E-state index is 12.0. The van der Waals surface area contributed by atoms with Gasteiger partial charge in [0.25, 0.3) is 0 Å². The van der Waals surface area contributed by atoms with Crippen LogP contribution in [0.3, 0.4) is 0 Å². The van der Waals surface area contributed by atoms with Gasteiger partial charge in [0.15, 0.2) is 0 Å². The second-order valence-corrected chi connectivity index (χ2v) is 10.0. The summed E-state index contributed by atoms with van der Waals surface area (Å²) in [5.74, 6) is 3.27. The minimum atomic E-state index is -0.709. The number of carbonyl (C=O) groups excluding carboxylic acids is 1. The number of benzene rings is 1. The Kier molecular flexibility index (Phi) is 16.1. The lowest BCUT2D eigenvalue weighted by molar-refractivity contribution is -0.133. The van der Waals surface area contributed by atoms with Crippen molar-refractivity contribution in [3.63, 3.8) is 0 Å². The Morgan fingerprint density at radius 1 is 0.759 bits per heavy atom. The average Bonchev–Trinajstić information content (AvgIpc) is 2.69. The van der Waals surface area contributed by atoms with Crippen LogP contribution in [0.5, 0.6) is 0 Å². The van der Waals surface area contributed by atoms with Crippen LogP contribution in [0.25, 0.3) is 0 Å². The molecule has 0 aliphatic carbocycles. The number of aryl methyl sites for hydroxylation is 1. The van der Waals surface area contributed by atoms with Crippen LogP contribution in [0.1, 0.15) is 75.3 Å². The van der Waals surface area contributed by atoms with Gasteiger partial charge in [0, 0.05) is 12.8 Å². The van der Waals surface area contributed by atoms with E-state index in [-0.39, 0.29) is 5.75 Å². The molecule has 164 valence electrons. The molecule has 0 saturated heterocycles. The summed E-state index contributed by atoms with van der Waals surface area (Å²) < 4.78 is 0. The molecule has 0 fully saturated rings. The van der Waals surface area contributed by atoms with E-state index >= 15 is 0 Å². The molecule has 0 aliphatic rings. The van der Waals surface area contributed by atoms with Crippen LogP contribution in [-0.4, -0.2) is 39.9 Å². The van der Waals surface area contributed by atoms with E-state index in [1.54, 1.807) is 0 Å². The first-order valence-corrected chi connectivity index (χ1v) is 13.3. The molecule has 0 heterocycles. The van der Waals surface area contributed by atoms with Crippen molar-refractivity contribution in [2.45, 2.75) is 77.6 Å². The first-order chi connectivity index (χ1) is 14.1. The Morgan fingerprint density at radius 3 is 1.86 bits per heavy atom. The molecule has 5 heteroatoms. The molecule has 1 N–H and O–H groups in total. The average molecular weight is 439 g/mol. The zero-order valence-corrected chi connectivity index (χ0v) is 19.6. The highest BCUT2D eigenvalue weighted by atomic mass is 32.2. The van der Waals surface area contributed by atoms with E-state index in [1.165, 1.54) is 67.4 Å². The van der Waals surface area contributed by atoms with E-state index in [1.807, 2.05) is 11.8 Å². The van der Waals surface area contributed by atoms with Crippen molar-refractivity contribution in [3.05, 3.63) is 35.4 Å². The fraction of sp³-hybridized carbons (Fsp3) is 0.667. The SMILES string of the molecule is Cc1ccc(CC(=O)CCCCSCCCCCCCCCSCC(=O)O)cc1. The third-order valence-electron chi connectivity index (χ3n) is 4.82.